The second-order valence-corrected chi connectivity index (χ2v) is 4.39. The lowest BCUT2D eigenvalue weighted by atomic mass is 10.1. The molecule has 0 saturated heterocycles. The maximum atomic E-state index is 12.0. The van der Waals surface area contributed by atoms with Gasteiger partial charge in [0, 0.05) is 17.3 Å². The molecule has 0 bridgehead atoms. The second-order valence-electron chi connectivity index (χ2n) is 4.39. The number of carbonyl (C=O) groups excluding carboxylic acids is 1. The molecule has 2 rings (SSSR count). The number of carbonyl (C=O) groups is 1. The fourth-order valence-electron chi connectivity index (χ4n) is 1.77. The van der Waals surface area contributed by atoms with Crippen molar-refractivity contribution in [2.45, 2.75) is 6.92 Å². The monoisotopic (exact) mass is 282 g/mol. The molecule has 0 unspecified atom stereocenters. The number of anilines is 1. The zero-order valence-electron chi connectivity index (χ0n) is 11.5. The first-order valence-corrected chi connectivity index (χ1v) is 6.29. The molecule has 5 heteroatoms. The average molecular weight is 282 g/mol. The third kappa shape index (κ3) is 4.06. The SMILES string of the molecule is Cc1cc(C#CCN)cc(NC(=O)c2ccc(=O)oc2)c1. The van der Waals surface area contributed by atoms with E-state index in [1.807, 2.05) is 19.1 Å². The molecule has 21 heavy (non-hydrogen) atoms. The fraction of sp³-hybridized carbons (Fsp3) is 0.125. The van der Waals surface area contributed by atoms with Crippen molar-refractivity contribution >= 4 is 11.6 Å². The van der Waals surface area contributed by atoms with Crippen LogP contribution in [0.2, 0.25) is 0 Å². The number of hydrogen-bond acceptors (Lipinski definition) is 4. The lowest BCUT2D eigenvalue weighted by Gasteiger charge is -2.06. The summed E-state index contributed by atoms with van der Waals surface area (Å²) in [5, 5.41) is 2.74. The summed E-state index contributed by atoms with van der Waals surface area (Å²) < 4.78 is 4.67. The van der Waals surface area contributed by atoms with Crippen LogP contribution in [-0.2, 0) is 0 Å². The molecule has 0 aliphatic rings. The molecule has 2 aromatic rings. The first kappa shape index (κ1) is 14.6. The first-order chi connectivity index (χ1) is 10.1. The van der Waals surface area contributed by atoms with Gasteiger partial charge in [-0.15, -0.1) is 0 Å². The maximum absolute atomic E-state index is 12.0. The van der Waals surface area contributed by atoms with Crippen molar-refractivity contribution in [3.63, 3.8) is 0 Å². The minimum atomic E-state index is -0.499. The Balaban J connectivity index is 2.22. The summed E-state index contributed by atoms with van der Waals surface area (Å²) in [4.78, 5) is 22.9. The molecule has 0 aliphatic heterocycles. The predicted molar refractivity (Wildman–Crippen MR) is 80.0 cm³/mol. The molecule has 1 amide bonds. The quantitative estimate of drug-likeness (QED) is 0.818. The lowest BCUT2D eigenvalue weighted by molar-refractivity contribution is 0.102. The van der Waals surface area contributed by atoms with Crippen LogP contribution in [-0.4, -0.2) is 12.5 Å². The second kappa shape index (κ2) is 6.55. The Hall–Kier alpha value is -2.84. The molecule has 3 N–H and O–H groups in total. The predicted octanol–water partition coefficient (Wildman–Crippen LogP) is 1.51. The van der Waals surface area contributed by atoms with Gasteiger partial charge in [0.1, 0.15) is 6.26 Å². The number of amides is 1. The van der Waals surface area contributed by atoms with E-state index in [9.17, 15) is 9.59 Å². The molecule has 1 heterocycles. The van der Waals surface area contributed by atoms with E-state index in [2.05, 4.69) is 21.6 Å². The summed E-state index contributed by atoms with van der Waals surface area (Å²) in [6.07, 6.45) is 1.13. The van der Waals surface area contributed by atoms with Gasteiger partial charge in [-0.1, -0.05) is 11.8 Å². The third-order valence-corrected chi connectivity index (χ3v) is 2.63. The highest BCUT2D eigenvalue weighted by molar-refractivity contribution is 6.04. The molecule has 0 atom stereocenters. The fourth-order valence-corrected chi connectivity index (χ4v) is 1.77. The van der Waals surface area contributed by atoms with Gasteiger partial charge in [-0.3, -0.25) is 4.79 Å². The van der Waals surface area contributed by atoms with Crippen LogP contribution in [0.1, 0.15) is 21.5 Å². The Morgan fingerprint density at radius 3 is 2.81 bits per heavy atom. The van der Waals surface area contributed by atoms with Crippen molar-refractivity contribution in [2.24, 2.45) is 5.73 Å². The summed E-state index contributed by atoms with van der Waals surface area (Å²) in [5.41, 5.74) is 7.47. The highest BCUT2D eigenvalue weighted by Gasteiger charge is 2.07. The van der Waals surface area contributed by atoms with E-state index in [4.69, 9.17) is 5.73 Å². The van der Waals surface area contributed by atoms with Crippen molar-refractivity contribution in [1.82, 2.24) is 0 Å². The molecular weight excluding hydrogens is 268 g/mol. The minimum absolute atomic E-state index is 0.269. The molecule has 0 saturated carbocycles. The van der Waals surface area contributed by atoms with Gasteiger partial charge in [-0.25, -0.2) is 4.79 Å². The molecule has 0 fully saturated rings. The standard InChI is InChI=1S/C16H14N2O3/c1-11-7-12(3-2-6-17)9-14(8-11)18-16(20)13-4-5-15(19)21-10-13/h4-5,7-10H,6,17H2,1H3,(H,18,20). The molecule has 5 nitrogen and oxygen atoms in total. The van der Waals surface area contributed by atoms with E-state index in [0.29, 0.717) is 5.69 Å². The van der Waals surface area contributed by atoms with E-state index < -0.39 is 5.63 Å². The largest absolute Gasteiger partial charge is 0.430 e. The van der Waals surface area contributed by atoms with Gasteiger partial charge in [0.05, 0.1) is 12.1 Å². The van der Waals surface area contributed by atoms with Crippen LogP contribution in [0.25, 0.3) is 0 Å². The zero-order valence-corrected chi connectivity index (χ0v) is 11.5. The third-order valence-electron chi connectivity index (χ3n) is 2.63. The lowest BCUT2D eigenvalue weighted by Crippen LogP contribution is -2.13. The van der Waals surface area contributed by atoms with Gasteiger partial charge in [-0.05, 0) is 36.8 Å². The van der Waals surface area contributed by atoms with E-state index in [1.165, 1.54) is 12.1 Å². The Morgan fingerprint density at radius 2 is 2.14 bits per heavy atom. The highest BCUT2D eigenvalue weighted by atomic mass is 16.4. The van der Waals surface area contributed by atoms with E-state index in [1.54, 1.807) is 6.07 Å². The van der Waals surface area contributed by atoms with E-state index in [-0.39, 0.29) is 18.0 Å². The van der Waals surface area contributed by atoms with Crippen molar-refractivity contribution in [2.75, 3.05) is 11.9 Å². The Morgan fingerprint density at radius 1 is 1.33 bits per heavy atom. The molecule has 1 aromatic carbocycles. The highest BCUT2D eigenvalue weighted by Crippen LogP contribution is 2.15. The van der Waals surface area contributed by atoms with Crippen molar-refractivity contribution in [3.05, 3.63) is 63.7 Å². The van der Waals surface area contributed by atoms with Crippen LogP contribution in [0.5, 0.6) is 0 Å². The topological polar surface area (TPSA) is 85.3 Å². The van der Waals surface area contributed by atoms with Crippen LogP contribution in [0.3, 0.4) is 0 Å². The Labute approximate surface area is 121 Å². The molecule has 106 valence electrons. The average Bonchev–Trinajstić information content (AvgIpc) is 2.45. The van der Waals surface area contributed by atoms with Crippen LogP contribution in [0, 0.1) is 18.8 Å². The smallest absolute Gasteiger partial charge is 0.335 e. The molecule has 0 aliphatic carbocycles. The van der Waals surface area contributed by atoms with Crippen molar-refractivity contribution in [1.29, 1.82) is 0 Å². The van der Waals surface area contributed by atoms with Crippen molar-refractivity contribution < 1.29 is 9.21 Å². The summed E-state index contributed by atoms with van der Waals surface area (Å²) in [5.74, 6) is 5.33. The first-order valence-electron chi connectivity index (χ1n) is 6.29. The number of aryl methyl sites for hydroxylation is 1. The van der Waals surface area contributed by atoms with Crippen LogP contribution in [0.15, 0.2) is 45.8 Å². The molecule has 0 spiro atoms. The van der Waals surface area contributed by atoms with Crippen LogP contribution < -0.4 is 16.7 Å². The summed E-state index contributed by atoms with van der Waals surface area (Å²) in [7, 11) is 0. The zero-order chi connectivity index (χ0) is 15.2. The number of nitrogens with one attached hydrogen (secondary N) is 1. The van der Waals surface area contributed by atoms with Gasteiger partial charge in [-0.2, -0.15) is 0 Å². The van der Waals surface area contributed by atoms with Crippen LogP contribution in [0.4, 0.5) is 5.69 Å². The molecular formula is C16H14N2O3. The van der Waals surface area contributed by atoms with Gasteiger partial charge in [0.25, 0.3) is 5.91 Å². The maximum Gasteiger partial charge on any atom is 0.335 e. The number of benzene rings is 1. The Bertz CT molecular complexity index is 762. The van der Waals surface area contributed by atoms with Gasteiger partial charge >= 0.3 is 5.63 Å². The normalized spacial score (nSPS) is 9.62. The molecule has 0 radical (unpaired) electrons. The molecule has 1 aromatic heterocycles. The van der Waals surface area contributed by atoms with E-state index >= 15 is 0 Å². The summed E-state index contributed by atoms with van der Waals surface area (Å²) in [6.45, 7) is 2.18. The summed E-state index contributed by atoms with van der Waals surface area (Å²) >= 11 is 0. The van der Waals surface area contributed by atoms with Gasteiger partial charge in [0.2, 0.25) is 0 Å². The van der Waals surface area contributed by atoms with Gasteiger partial charge < -0.3 is 15.5 Å². The van der Waals surface area contributed by atoms with Crippen molar-refractivity contribution in [3.8, 4) is 11.8 Å². The van der Waals surface area contributed by atoms with Gasteiger partial charge in [0.15, 0.2) is 0 Å². The number of hydrogen-bond donors (Lipinski definition) is 2. The number of nitrogens with two attached hydrogens (primary N) is 1. The Kier molecular flexibility index (Phi) is 4.54. The summed E-state index contributed by atoms with van der Waals surface area (Å²) in [6, 6.07) is 8.09. The van der Waals surface area contributed by atoms with E-state index in [0.717, 1.165) is 17.4 Å². The number of rotatable bonds is 2. The minimum Gasteiger partial charge on any atom is -0.430 e. The van der Waals surface area contributed by atoms with Crippen LogP contribution >= 0.6 is 0 Å².